The summed E-state index contributed by atoms with van der Waals surface area (Å²) in [5, 5.41) is 6.47. The second-order valence-electron chi connectivity index (χ2n) is 7.44. The molecule has 1 atom stereocenters. The Kier molecular flexibility index (Phi) is 7.41. The fourth-order valence-electron chi connectivity index (χ4n) is 3.90. The molecule has 5 nitrogen and oxygen atoms in total. The standard InChI is InChI=1S/C20H31FN4O/c21-19-6-1-4-17(14-19)15-25-10-2-5-18(16-25)20(26)23-7-3-11-24-12-8-22-9-13-24/h1,4,6,14,18,22H,2-3,5,7-13,15-16H2,(H,23,26). The summed E-state index contributed by atoms with van der Waals surface area (Å²) in [7, 11) is 0. The number of piperazine rings is 1. The Morgan fingerprint density at radius 2 is 2.08 bits per heavy atom. The van der Waals surface area contributed by atoms with E-state index >= 15 is 0 Å². The van der Waals surface area contributed by atoms with Gasteiger partial charge in [0, 0.05) is 45.8 Å². The number of halogens is 1. The molecule has 0 radical (unpaired) electrons. The zero-order valence-corrected chi connectivity index (χ0v) is 15.6. The number of nitrogens with zero attached hydrogens (tertiary/aromatic N) is 2. The molecule has 2 fully saturated rings. The minimum atomic E-state index is -0.196. The average Bonchev–Trinajstić information content (AvgIpc) is 2.66. The van der Waals surface area contributed by atoms with Crippen LogP contribution in [0.4, 0.5) is 4.39 Å². The third-order valence-electron chi connectivity index (χ3n) is 5.33. The van der Waals surface area contributed by atoms with Crippen LogP contribution in [0.3, 0.4) is 0 Å². The Morgan fingerprint density at radius 1 is 1.23 bits per heavy atom. The van der Waals surface area contributed by atoms with E-state index in [1.54, 1.807) is 12.1 Å². The second kappa shape index (κ2) is 10.00. The molecule has 2 saturated heterocycles. The van der Waals surface area contributed by atoms with Crippen molar-refractivity contribution in [2.24, 2.45) is 5.92 Å². The monoisotopic (exact) mass is 362 g/mol. The quantitative estimate of drug-likeness (QED) is 0.721. The summed E-state index contributed by atoms with van der Waals surface area (Å²) < 4.78 is 13.3. The lowest BCUT2D eigenvalue weighted by atomic mass is 9.96. The van der Waals surface area contributed by atoms with E-state index in [1.807, 2.05) is 6.07 Å². The minimum Gasteiger partial charge on any atom is -0.356 e. The van der Waals surface area contributed by atoms with Crippen LogP contribution in [0.1, 0.15) is 24.8 Å². The third kappa shape index (κ3) is 6.04. The van der Waals surface area contributed by atoms with Crippen LogP contribution < -0.4 is 10.6 Å². The van der Waals surface area contributed by atoms with Crippen LogP contribution in [-0.4, -0.2) is 68.1 Å². The molecular weight excluding hydrogens is 331 g/mol. The molecule has 144 valence electrons. The molecule has 0 aromatic heterocycles. The first-order valence-electron chi connectivity index (χ1n) is 9.88. The van der Waals surface area contributed by atoms with Crippen molar-refractivity contribution in [2.45, 2.75) is 25.8 Å². The van der Waals surface area contributed by atoms with Crippen LogP contribution in [0.15, 0.2) is 24.3 Å². The first-order chi connectivity index (χ1) is 12.7. The lowest BCUT2D eigenvalue weighted by molar-refractivity contribution is -0.126. The van der Waals surface area contributed by atoms with Crippen LogP contribution >= 0.6 is 0 Å². The van der Waals surface area contributed by atoms with Gasteiger partial charge in [-0.05, 0) is 50.0 Å². The number of carbonyl (C=O) groups is 1. The molecule has 3 rings (SSSR count). The van der Waals surface area contributed by atoms with Crippen molar-refractivity contribution in [3.8, 4) is 0 Å². The van der Waals surface area contributed by atoms with E-state index in [0.29, 0.717) is 6.54 Å². The second-order valence-corrected chi connectivity index (χ2v) is 7.44. The van der Waals surface area contributed by atoms with Crippen molar-refractivity contribution < 1.29 is 9.18 Å². The molecule has 26 heavy (non-hydrogen) atoms. The van der Waals surface area contributed by atoms with Gasteiger partial charge in [0.1, 0.15) is 5.82 Å². The van der Waals surface area contributed by atoms with Crippen molar-refractivity contribution in [3.05, 3.63) is 35.6 Å². The van der Waals surface area contributed by atoms with E-state index in [1.165, 1.54) is 6.07 Å². The Hall–Kier alpha value is -1.50. The van der Waals surface area contributed by atoms with Gasteiger partial charge in [0.15, 0.2) is 0 Å². The van der Waals surface area contributed by atoms with Crippen molar-refractivity contribution in [1.82, 2.24) is 20.4 Å². The lowest BCUT2D eigenvalue weighted by Crippen LogP contribution is -2.45. The fourth-order valence-corrected chi connectivity index (χ4v) is 3.90. The summed E-state index contributed by atoms with van der Waals surface area (Å²) in [5.41, 5.74) is 0.974. The highest BCUT2D eigenvalue weighted by atomic mass is 19.1. The molecule has 0 bridgehead atoms. The highest BCUT2D eigenvalue weighted by molar-refractivity contribution is 5.78. The lowest BCUT2D eigenvalue weighted by Gasteiger charge is -2.32. The van der Waals surface area contributed by atoms with E-state index in [4.69, 9.17) is 0 Å². The number of nitrogens with one attached hydrogen (secondary N) is 2. The third-order valence-corrected chi connectivity index (χ3v) is 5.33. The normalized spacial score (nSPS) is 22.3. The molecule has 1 aromatic rings. The smallest absolute Gasteiger partial charge is 0.224 e. The van der Waals surface area contributed by atoms with Crippen LogP contribution in [-0.2, 0) is 11.3 Å². The van der Waals surface area contributed by atoms with Crippen LogP contribution in [0, 0.1) is 11.7 Å². The van der Waals surface area contributed by atoms with Gasteiger partial charge in [0.2, 0.25) is 5.91 Å². The minimum absolute atomic E-state index is 0.0523. The van der Waals surface area contributed by atoms with E-state index in [0.717, 1.165) is 77.2 Å². The summed E-state index contributed by atoms with van der Waals surface area (Å²) in [6.07, 6.45) is 2.98. The van der Waals surface area contributed by atoms with Crippen molar-refractivity contribution in [3.63, 3.8) is 0 Å². The molecule has 0 aliphatic carbocycles. The van der Waals surface area contributed by atoms with Crippen LogP contribution in [0.5, 0.6) is 0 Å². The Labute approximate surface area is 155 Å². The molecule has 1 aromatic carbocycles. The Balaban J connectivity index is 1.37. The first-order valence-corrected chi connectivity index (χ1v) is 9.88. The molecule has 6 heteroatoms. The average molecular weight is 362 g/mol. The van der Waals surface area contributed by atoms with E-state index < -0.39 is 0 Å². The maximum absolute atomic E-state index is 13.3. The SMILES string of the molecule is O=C(NCCCN1CCNCC1)C1CCCN(Cc2cccc(F)c2)C1. The van der Waals surface area contributed by atoms with E-state index in [2.05, 4.69) is 20.4 Å². The van der Waals surface area contributed by atoms with E-state index in [9.17, 15) is 9.18 Å². The molecule has 2 aliphatic rings. The van der Waals surface area contributed by atoms with Gasteiger partial charge < -0.3 is 15.5 Å². The molecule has 2 N–H and O–H groups in total. The summed E-state index contributed by atoms with van der Waals surface area (Å²) >= 11 is 0. The Morgan fingerprint density at radius 3 is 2.88 bits per heavy atom. The molecule has 1 amide bonds. The predicted molar refractivity (Wildman–Crippen MR) is 101 cm³/mol. The summed E-state index contributed by atoms with van der Waals surface area (Å²) in [6.45, 7) is 8.60. The topological polar surface area (TPSA) is 47.6 Å². The van der Waals surface area contributed by atoms with Gasteiger partial charge in [-0.1, -0.05) is 12.1 Å². The van der Waals surface area contributed by atoms with Gasteiger partial charge in [-0.15, -0.1) is 0 Å². The van der Waals surface area contributed by atoms with Crippen LogP contribution in [0.25, 0.3) is 0 Å². The van der Waals surface area contributed by atoms with Gasteiger partial charge >= 0.3 is 0 Å². The highest BCUT2D eigenvalue weighted by Crippen LogP contribution is 2.19. The molecule has 2 aliphatic heterocycles. The number of benzene rings is 1. The molecule has 2 heterocycles. The van der Waals surface area contributed by atoms with Crippen molar-refractivity contribution >= 4 is 5.91 Å². The fraction of sp³-hybridized carbons (Fsp3) is 0.650. The number of amides is 1. The Bertz CT molecular complexity index is 577. The zero-order chi connectivity index (χ0) is 18.2. The largest absolute Gasteiger partial charge is 0.356 e. The highest BCUT2D eigenvalue weighted by Gasteiger charge is 2.25. The zero-order valence-electron chi connectivity index (χ0n) is 15.6. The number of piperidine rings is 1. The number of rotatable bonds is 7. The van der Waals surface area contributed by atoms with E-state index in [-0.39, 0.29) is 17.6 Å². The predicted octanol–water partition coefficient (Wildman–Crippen LogP) is 1.45. The van der Waals surface area contributed by atoms with Crippen molar-refractivity contribution in [2.75, 3.05) is 52.4 Å². The number of carbonyl (C=O) groups excluding carboxylic acids is 1. The molecule has 0 spiro atoms. The van der Waals surface area contributed by atoms with Gasteiger partial charge in [0.05, 0.1) is 5.92 Å². The maximum atomic E-state index is 13.3. The maximum Gasteiger partial charge on any atom is 0.224 e. The number of hydrogen-bond donors (Lipinski definition) is 2. The van der Waals surface area contributed by atoms with Gasteiger partial charge in [0.25, 0.3) is 0 Å². The molecular formula is C20H31FN4O. The summed E-state index contributed by atoms with van der Waals surface area (Å²) in [4.78, 5) is 17.2. The van der Waals surface area contributed by atoms with Crippen molar-refractivity contribution in [1.29, 1.82) is 0 Å². The first kappa shape index (κ1) is 19.3. The summed E-state index contributed by atoms with van der Waals surface area (Å²) in [6, 6.07) is 6.75. The molecule has 0 saturated carbocycles. The van der Waals surface area contributed by atoms with Gasteiger partial charge in [-0.25, -0.2) is 4.39 Å². The molecule has 1 unspecified atom stereocenters. The van der Waals surface area contributed by atoms with Gasteiger partial charge in [-0.2, -0.15) is 0 Å². The van der Waals surface area contributed by atoms with Gasteiger partial charge in [-0.3, -0.25) is 9.69 Å². The summed E-state index contributed by atoms with van der Waals surface area (Å²) in [5.74, 6) is 0.0315. The number of likely N-dealkylation sites (tertiary alicyclic amines) is 1. The van der Waals surface area contributed by atoms with Crippen LogP contribution in [0.2, 0.25) is 0 Å². The number of hydrogen-bond acceptors (Lipinski definition) is 4.